The molecule has 0 spiro atoms. The number of fused-ring (bicyclic) bond motifs is 5. The van der Waals surface area contributed by atoms with Crippen LogP contribution >= 0.6 is 0 Å². The lowest BCUT2D eigenvalue weighted by Crippen LogP contribution is -2.31. The minimum Gasteiger partial charge on any atom is -0.361 e. The molecular weight excluding hydrogens is 1010 g/mol. The highest BCUT2D eigenvalue weighted by Gasteiger charge is 2.28. The van der Waals surface area contributed by atoms with Crippen LogP contribution in [0.25, 0.3) is 50.4 Å². The number of nitrogens with one attached hydrogen (secondary N) is 1. The van der Waals surface area contributed by atoms with Crippen molar-refractivity contribution >= 4 is 50.4 Å². The van der Waals surface area contributed by atoms with E-state index in [0.29, 0.717) is 12.8 Å². The van der Waals surface area contributed by atoms with Crippen LogP contribution in [0.1, 0.15) is 116 Å². The first-order valence-corrected chi connectivity index (χ1v) is 29.8. The molecule has 1 unspecified atom stereocenters. The average Bonchev–Trinajstić information content (AvgIpc) is 1.14. The molecule has 84 heavy (non-hydrogen) atoms. The van der Waals surface area contributed by atoms with Crippen molar-refractivity contribution in [3.8, 4) is 0 Å². The molecule has 10 rings (SSSR count). The Labute approximate surface area is 500 Å². The molecule has 1 nitrogen and oxygen atoms in total. The second kappa shape index (κ2) is 25.9. The lowest BCUT2D eigenvalue weighted by molar-refractivity contribution is 0.970. The third-order valence-electron chi connectivity index (χ3n) is 17.4. The van der Waals surface area contributed by atoms with Crippen molar-refractivity contribution in [1.29, 1.82) is 0 Å². The molecule has 7 aromatic carbocycles. The maximum absolute atomic E-state index is 5.10. The second-order valence-electron chi connectivity index (χ2n) is 22.7. The summed E-state index contributed by atoms with van der Waals surface area (Å²) >= 11 is 0. The highest BCUT2D eigenvalue weighted by molar-refractivity contribution is 6.17. The van der Waals surface area contributed by atoms with Crippen LogP contribution in [0.2, 0.25) is 0 Å². The summed E-state index contributed by atoms with van der Waals surface area (Å²) in [6.45, 7) is 34.6. The molecule has 2 bridgehead atoms. The molecule has 416 valence electrons. The Bertz CT molecular complexity index is 4420. The number of hydrogen-bond donors (Lipinski definition) is 1. The van der Waals surface area contributed by atoms with Crippen molar-refractivity contribution in [2.75, 3.05) is 0 Å². The summed E-state index contributed by atoms with van der Waals surface area (Å²) in [6, 6.07) is 51.8. The Morgan fingerprint density at radius 1 is 0.690 bits per heavy atom. The van der Waals surface area contributed by atoms with Gasteiger partial charge in [0.1, 0.15) is 0 Å². The number of rotatable bonds is 13. The summed E-state index contributed by atoms with van der Waals surface area (Å²) in [4.78, 5) is 3.65. The van der Waals surface area contributed by atoms with Crippen LogP contribution in [0, 0.1) is 20.8 Å². The fourth-order valence-corrected chi connectivity index (χ4v) is 12.9. The first-order chi connectivity index (χ1) is 40.8. The largest absolute Gasteiger partial charge is 0.361 e. The predicted molar refractivity (Wildman–Crippen MR) is 366 cm³/mol. The van der Waals surface area contributed by atoms with E-state index in [0.717, 1.165) is 51.1 Å². The molecule has 0 saturated heterocycles. The Morgan fingerprint density at radius 3 is 2.13 bits per heavy atom. The molecule has 1 heteroatoms. The molecular formula is C83H79N. The SMILES string of the molecule is C=C/C=C\C(=C/C)CC(=C\C=C/C)/C1=C2C(=C)/C=C\c3c/c(c4cc(C)c(C(C)/C(c5ccccc5Cc5ccccc5)=c5/cccc/c5=C(/C)c5ccccc5)c5c(C)c(C)cc3c54)=C\C(C)=C(C)C\2=C(/c2ccc[nH]2)C/C=C\C=C/C1=C. The molecule has 0 saturated carbocycles. The fourth-order valence-electron chi connectivity index (χ4n) is 12.9. The quantitative estimate of drug-likeness (QED) is 0.111. The normalized spacial score (nSPS) is 19.0. The Hall–Kier alpha value is -9.30. The maximum Gasteiger partial charge on any atom is 0.0422 e. The van der Waals surface area contributed by atoms with E-state index in [2.05, 4.69) is 286 Å². The number of H-pyrrole nitrogens is 1. The van der Waals surface area contributed by atoms with Gasteiger partial charge in [-0.05, 0) is 247 Å². The van der Waals surface area contributed by atoms with Gasteiger partial charge in [-0.3, -0.25) is 0 Å². The zero-order valence-electron chi connectivity index (χ0n) is 50.8. The molecule has 1 atom stereocenters. The van der Waals surface area contributed by atoms with Gasteiger partial charge in [-0.1, -0.05) is 233 Å². The number of aryl methyl sites for hydroxylation is 3. The van der Waals surface area contributed by atoms with E-state index in [1.807, 2.05) is 18.3 Å². The van der Waals surface area contributed by atoms with Gasteiger partial charge in [0, 0.05) is 17.8 Å². The van der Waals surface area contributed by atoms with Crippen LogP contribution in [0.4, 0.5) is 0 Å². The van der Waals surface area contributed by atoms with Gasteiger partial charge >= 0.3 is 0 Å². The van der Waals surface area contributed by atoms with E-state index in [-0.39, 0.29) is 5.92 Å². The molecule has 1 heterocycles. The van der Waals surface area contributed by atoms with Crippen LogP contribution in [0.3, 0.4) is 0 Å². The third kappa shape index (κ3) is 11.7. The summed E-state index contributed by atoms with van der Waals surface area (Å²) in [6.07, 6.45) is 34.8. The van der Waals surface area contributed by atoms with Gasteiger partial charge in [0.2, 0.25) is 0 Å². The number of allylic oxidation sites excluding steroid dienone is 22. The van der Waals surface area contributed by atoms with Crippen molar-refractivity contribution in [1.82, 2.24) is 4.98 Å². The minimum atomic E-state index is -0.0266. The maximum atomic E-state index is 5.10. The van der Waals surface area contributed by atoms with Gasteiger partial charge in [0.05, 0.1) is 0 Å². The number of benzene rings is 7. The molecule has 0 aliphatic heterocycles. The third-order valence-corrected chi connectivity index (χ3v) is 17.4. The van der Waals surface area contributed by atoms with E-state index in [1.54, 1.807) is 0 Å². The number of aromatic amines is 1. The highest BCUT2D eigenvalue weighted by Crippen LogP contribution is 2.46. The van der Waals surface area contributed by atoms with E-state index < -0.39 is 0 Å². The molecule has 0 amide bonds. The molecule has 2 aliphatic rings. The van der Waals surface area contributed by atoms with Gasteiger partial charge in [0.15, 0.2) is 0 Å². The van der Waals surface area contributed by atoms with Crippen molar-refractivity contribution in [3.05, 3.63) is 360 Å². The monoisotopic (exact) mass is 1090 g/mol. The predicted octanol–water partition coefficient (Wildman–Crippen LogP) is 19.9. The summed E-state index contributed by atoms with van der Waals surface area (Å²) in [5.41, 5.74) is 26.1. The molecule has 8 aromatic rings. The molecule has 0 fully saturated rings. The summed E-state index contributed by atoms with van der Waals surface area (Å²) in [5.74, 6) is -0.0266. The van der Waals surface area contributed by atoms with Crippen molar-refractivity contribution in [3.63, 3.8) is 0 Å². The topological polar surface area (TPSA) is 15.8 Å². The smallest absolute Gasteiger partial charge is 0.0422 e. The van der Waals surface area contributed by atoms with Crippen LogP contribution in [0.5, 0.6) is 0 Å². The van der Waals surface area contributed by atoms with Crippen LogP contribution in [-0.4, -0.2) is 4.98 Å². The zero-order valence-corrected chi connectivity index (χ0v) is 50.8. The van der Waals surface area contributed by atoms with Crippen molar-refractivity contribution < 1.29 is 0 Å². The van der Waals surface area contributed by atoms with E-state index in [9.17, 15) is 0 Å². The van der Waals surface area contributed by atoms with Crippen LogP contribution < -0.4 is 15.7 Å². The zero-order chi connectivity index (χ0) is 59.0. The Balaban J connectivity index is 1.32. The van der Waals surface area contributed by atoms with Gasteiger partial charge < -0.3 is 4.98 Å². The van der Waals surface area contributed by atoms with E-state index in [4.69, 9.17) is 13.2 Å². The second-order valence-corrected chi connectivity index (χ2v) is 22.7. The summed E-state index contributed by atoms with van der Waals surface area (Å²) in [7, 11) is 0. The molecule has 1 aromatic heterocycles. The lowest BCUT2D eigenvalue weighted by Gasteiger charge is -2.27. The van der Waals surface area contributed by atoms with E-state index in [1.165, 1.54) is 115 Å². The first-order valence-electron chi connectivity index (χ1n) is 29.8. The molecule has 1 N–H and O–H groups in total. The lowest BCUT2D eigenvalue weighted by atomic mass is 9.77. The van der Waals surface area contributed by atoms with Gasteiger partial charge in [-0.15, -0.1) is 0 Å². The minimum absolute atomic E-state index is 0.0266. The summed E-state index contributed by atoms with van der Waals surface area (Å²) < 4.78 is 0. The van der Waals surface area contributed by atoms with Crippen molar-refractivity contribution in [2.45, 2.75) is 87.5 Å². The Morgan fingerprint density at radius 2 is 1.40 bits per heavy atom. The fraction of sp³-hybridized carbons (Fsp3) is 0.157. The average molecular weight is 1090 g/mol. The first kappa shape index (κ1) is 57.9. The van der Waals surface area contributed by atoms with E-state index >= 15 is 0 Å². The summed E-state index contributed by atoms with van der Waals surface area (Å²) in [5, 5.41) is 8.81. The van der Waals surface area contributed by atoms with Gasteiger partial charge in [-0.2, -0.15) is 0 Å². The molecule has 2 aliphatic carbocycles. The standard InChI is InChI=1S/C83H79N/c1-13-16-33-63(15-3)51-68(36-17-14-2)78-54(4)32-21-18-26-43-73(76-44-31-47-84-76)81-59(9)56(6)48-69-53-67(46-45-55(5)79(78)81)74-49-57(7)60(10)82-77(58(8)50-75(69)83(74)82)62(12)80(71-41-28-27-39-66(71)52-64-34-22-19-23-35-64)72-42-30-29-40-70(72)61(11)65-37-24-20-25-38-65/h13-42,44-50,53,62,84H,1,4-5,43,51-52H2,2-3,6-12H3/b17-14-,26-18-,32-21-,33-16-,46-45-,59-56?,63-15+,68-36+,69-48+,70-61+,79-78+,80-72+,81-73+. The number of aromatic nitrogens is 1. The van der Waals surface area contributed by atoms with Gasteiger partial charge in [0.25, 0.3) is 0 Å². The molecule has 0 radical (unpaired) electrons. The highest BCUT2D eigenvalue weighted by atomic mass is 14.7. The van der Waals surface area contributed by atoms with Gasteiger partial charge in [-0.25, -0.2) is 0 Å². The number of hydrogen-bond acceptors (Lipinski definition) is 0. The van der Waals surface area contributed by atoms with Crippen molar-refractivity contribution in [2.24, 2.45) is 0 Å². The van der Waals surface area contributed by atoms with Crippen LogP contribution in [-0.2, 0) is 6.42 Å². The Kier molecular flexibility index (Phi) is 17.8. The van der Waals surface area contributed by atoms with Crippen LogP contribution in [0.15, 0.2) is 289 Å².